The van der Waals surface area contributed by atoms with E-state index in [9.17, 15) is 9.18 Å². The average molecular weight is 552 g/mol. The van der Waals surface area contributed by atoms with Crippen LogP contribution in [-0.4, -0.2) is 67.2 Å². The van der Waals surface area contributed by atoms with E-state index in [1.54, 1.807) is 47.5 Å². The number of rotatable bonds is 3. The number of likely N-dealkylation sites (tertiary alicyclic amines) is 1. The maximum absolute atomic E-state index is 15.3. The van der Waals surface area contributed by atoms with Crippen LogP contribution in [0.15, 0.2) is 18.3 Å². The number of nitrogens with zero attached hydrogens (tertiary/aromatic N) is 6. The number of pyridine rings is 1. The van der Waals surface area contributed by atoms with Crippen LogP contribution in [0.25, 0.3) is 21.9 Å². The Labute approximate surface area is 230 Å². The molecule has 40 heavy (non-hydrogen) atoms. The highest BCUT2D eigenvalue weighted by molar-refractivity contribution is 5.93. The molecule has 0 aliphatic carbocycles. The maximum Gasteiger partial charge on any atom is 0.410 e. The van der Waals surface area contributed by atoms with Crippen LogP contribution < -0.4 is 5.73 Å². The van der Waals surface area contributed by atoms with Gasteiger partial charge < -0.3 is 24.7 Å². The van der Waals surface area contributed by atoms with Crippen molar-refractivity contribution >= 4 is 33.8 Å². The van der Waals surface area contributed by atoms with Gasteiger partial charge in [-0.2, -0.15) is 5.10 Å². The number of hydrogen-bond donors (Lipinski definition) is 1. The Hall–Kier alpha value is -4.24. The number of methoxy groups -OCH3 is 1. The first-order chi connectivity index (χ1) is 18.9. The first kappa shape index (κ1) is 27.3. The van der Waals surface area contributed by atoms with Gasteiger partial charge in [0, 0.05) is 33.0 Å². The number of hydrogen-bond acceptors (Lipinski definition) is 7. The summed E-state index contributed by atoms with van der Waals surface area (Å²) in [6.07, 6.45) is 1.65. The van der Waals surface area contributed by atoms with Crippen LogP contribution >= 0.6 is 0 Å². The lowest BCUT2D eigenvalue weighted by atomic mass is 10.1. The molecular weight excluding hydrogens is 520 g/mol. The Kier molecular flexibility index (Phi) is 6.87. The highest BCUT2D eigenvalue weighted by Crippen LogP contribution is 2.33. The minimum atomic E-state index is -0.841. The van der Waals surface area contributed by atoms with Gasteiger partial charge in [0.1, 0.15) is 34.3 Å². The van der Waals surface area contributed by atoms with Crippen molar-refractivity contribution in [1.29, 1.82) is 0 Å². The van der Waals surface area contributed by atoms with Crippen LogP contribution in [0, 0.1) is 30.4 Å². The molecule has 4 aromatic rings. The summed E-state index contributed by atoms with van der Waals surface area (Å²) >= 11 is 0. The molecule has 0 spiro atoms. The van der Waals surface area contributed by atoms with Gasteiger partial charge in [-0.05, 0) is 46.1 Å². The number of benzene rings is 1. The van der Waals surface area contributed by atoms with E-state index in [1.807, 2.05) is 20.8 Å². The molecule has 2 N–H and O–H groups in total. The minimum absolute atomic E-state index is 0.0413. The molecule has 3 aromatic heterocycles. The Morgan fingerprint density at radius 1 is 1.25 bits per heavy atom. The third-order valence-corrected chi connectivity index (χ3v) is 6.97. The van der Waals surface area contributed by atoms with Gasteiger partial charge in [0.05, 0.1) is 40.7 Å². The van der Waals surface area contributed by atoms with Gasteiger partial charge in [-0.3, -0.25) is 4.68 Å². The summed E-state index contributed by atoms with van der Waals surface area (Å²) in [5.41, 5.74) is 6.38. The molecule has 0 bridgehead atoms. The lowest BCUT2D eigenvalue weighted by Gasteiger charge is -2.28. The van der Waals surface area contributed by atoms with Crippen LogP contribution in [0.4, 0.5) is 19.4 Å². The van der Waals surface area contributed by atoms with Crippen LogP contribution in [0.1, 0.15) is 50.3 Å². The molecule has 5 rings (SSSR count). The van der Waals surface area contributed by atoms with Crippen LogP contribution in [0.3, 0.4) is 0 Å². The predicted molar refractivity (Wildman–Crippen MR) is 146 cm³/mol. The number of fused-ring (bicyclic) bond motifs is 2. The SMILES string of the molecule is COC[C@H]1C[C@H](n2nc(C#Cc3c(F)cc4c(nc(C)n4C)c3F)c3c(N)nccc32)CN1C(=O)OC(C)(C)C. The second kappa shape index (κ2) is 10.1. The lowest BCUT2D eigenvalue weighted by Crippen LogP contribution is -2.41. The minimum Gasteiger partial charge on any atom is -0.444 e. The first-order valence-corrected chi connectivity index (χ1v) is 12.8. The van der Waals surface area contributed by atoms with E-state index in [1.165, 1.54) is 6.07 Å². The number of ether oxygens (including phenoxy) is 2. The maximum atomic E-state index is 15.3. The van der Waals surface area contributed by atoms with Crippen molar-refractivity contribution in [3.05, 3.63) is 47.0 Å². The smallest absolute Gasteiger partial charge is 0.410 e. The second-order valence-electron chi connectivity index (χ2n) is 10.9. The average Bonchev–Trinajstić information content (AvgIpc) is 3.54. The molecule has 1 aliphatic heterocycles. The molecule has 1 amide bonds. The fourth-order valence-corrected chi connectivity index (χ4v) is 5.05. The highest BCUT2D eigenvalue weighted by Gasteiger charge is 2.39. The third-order valence-electron chi connectivity index (χ3n) is 6.97. The van der Waals surface area contributed by atoms with Crippen molar-refractivity contribution < 1.29 is 23.0 Å². The largest absolute Gasteiger partial charge is 0.444 e. The van der Waals surface area contributed by atoms with Crippen molar-refractivity contribution in [2.75, 3.05) is 26.0 Å². The number of amides is 1. The Balaban J connectivity index is 1.56. The number of aryl methyl sites for hydroxylation is 2. The fourth-order valence-electron chi connectivity index (χ4n) is 5.05. The van der Waals surface area contributed by atoms with Crippen molar-refractivity contribution in [2.45, 2.75) is 51.8 Å². The normalized spacial score (nSPS) is 17.4. The molecule has 12 heteroatoms. The van der Waals surface area contributed by atoms with Crippen molar-refractivity contribution in [3.63, 3.8) is 0 Å². The van der Waals surface area contributed by atoms with Crippen molar-refractivity contribution in [1.82, 2.24) is 29.2 Å². The zero-order valence-corrected chi connectivity index (χ0v) is 23.2. The summed E-state index contributed by atoms with van der Waals surface area (Å²) in [6, 6.07) is 2.47. The molecule has 1 saturated heterocycles. The van der Waals surface area contributed by atoms with E-state index in [2.05, 4.69) is 26.9 Å². The quantitative estimate of drug-likeness (QED) is 0.382. The van der Waals surface area contributed by atoms with E-state index in [4.69, 9.17) is 15.2 Å². The van der Waals surface area contributed by atoms with E-state index >= 15 is 4.39 Å². The van der Waals surface area contributed by atoms with Crippen molar-refractivity contribution in [2.24, 2.45) is 7.05 Å². The number of imidazole rings is 1. The summed E-state index contributed by atoms with van der Waals surface area (Å²) < 4.78 is 44.6. The Morgan fingerprint density at radius 3 is 2.70 bits per heavy atom. The standard InChI is InChI=1S/C28H31F2N7O3/c1-15-33-25-22(35(15)5)12-19(29)18(24(25)30)7-8-20-23-21(9-10-32-26(23)31)37(34-20)16-11-17(14-39-6)36(13-16)27(38)40-28(2,3)4/h9-10,12,16-17H,11,13-14H2,1-6H3,(H2,31,32)/t16-,17+/m0/s1. The highest BCUT2D eigenvalue weighted by atomic mass is 19.1. The topological polar surface area (TPSA) is 113 Å². The Morgan fingerprint density at radius 2 is 2.00 bits per heavy atom. The van der Waals surface area contributed by atoms with Gasteiger partial charge in [-0.15, -0.1) is 0 Å². The molecule has 0 saturated carbocycles. The van der Waals surface area contributed by atoms with Gasteiger partial charge in [0.2, 0.25) is 0 Å². The molecule has 0 radical (unpaired) electrons. The number of halogens is 2. The zero-order chi connectivity index (χ0) is 28.9. The molecule has 1 aromatic carbocycles. The van der Waals surface area contributed by atoms with E-state index in [-0.39, 0.29) is 29.1 Å². The lowest BCUT2D eigenvalue weighted by molar-refractivity contribution is 0.0145. The van der Waals surface area contributed by atoms with Crippen LogP contribution in [0.5, 0.6) is 0 Å². The monoisotopic (exact) mass is 551 g/mol. The van der Waals surface area contributed by atoms with Gasteiger partial charge >= 0.3 is 6.09 Å². The Bertz CT molecular complexity index is 1690. The molecule has 210 valence electrons. The van der Waals surface area contributed by atoms with E-state index in [0.29, 0.717) is 41.8 Å². The molecule has 2 atom stereocenters. The first-order valence-electron chi connectivity index (χ1n) is 12.8. The third kappa shape index (κ3) is 4.81. The summed E-state index contributed by atoms with van der Waals surface area (Å²) in [4.78, 5) is 23.0. The number of carbonyl (C=O) groups is 1. The van der Waals surface area contributed by atoms with Gasteiger partial charge in [0.15, 0.2) is 5.82 Å². The summed E-state index contributed by atoms with van der Waals surface area (Å²) in [5, 5.41) is 5.15. The molecule has 1 aliphatic rings. The second-order valence-corrected chi connectivity index (χ2v) is 10.9. The number of anilines is 1. The van der Waals surface area contributed by atoms with Gasteiger partial charge in [-0.1, -0.05) is 5.92 Å². The van der Waals surface area contributed by atoms with Crippen molar-refractivity contribution in [3.8, 4) is 11.8 Å². The number of nitrogens with two attached hydrogens (primary N) is 1. The molecule has 4 heterocycles. The van der Waals surface area contributed by atoms with E-state index < -0.39 is 28.9 Å². The molecule has 10 nitrogen and oxygen atoms in total. The summed E-state index contributed by atoms with van der Waals surface area (Å²) in [7, 11) is 3.26. The molecule has 1 fully saturated rings. The fraction of sp³-hybridized carbons (Fsp3) is 0.429. The van der Waals surface area contributed by atoms with Crippen LogP contribution in [-0.2, 0) is 16.5 Å². The molecule has 0 unspecified atom stereocenters. The number of nitrogen functional groups attached to an aromatic ring is 1. The van der Waals surface area contributed by atoms with Gasteiger partial charge in [-0.25, -0.2) is 23.5 Å². The zero-order valence-electron chi connectivity index (χ0n) is 23.2. The predicted octanol–water partition coefficient (Wildman–Crippen LogP) is 4.08. The summed E-state index contributed by atoms with van der Waals surface area (Å²) in [5.74, 6) is 4.51. The summed E-state index contributed by atoms with van der Waals surface area (Å²) in [6.45, 7) is 7.77. The number of aromatic nitrogens is 5. The van der Waals surface area contributed by atoms with Gasteiger partial charge in [0.25, 0.3) is 0 Å². The van der Waals surface area contributed by atoms with Crippen LogP contribution in [0.2, 0.25) is 0 Å². The molecular formula is C28H31F2N7O3. The van der Waals surface area contributed by atoms with E-state index in [0.717, 1.165) is 0 Å². The number of carbonyl (C=O) groups excluding carboxylic acids is 1.